The number of nitrogens with two attached hydrogens (primary N) is 1. The van der Waals surface area contributed by atoms with Gasteiger partial charge in [-0.15, -0.1) is 0 Å². The van der Waals surface area contributed by atoms with Crippen LogP contribution in [0.15, 0.2) is 24.3 Å². The number of benzene rings is 1. The number of aromatic nitrogens is 2. The fraction of sp³-hybridized carbons (Fsp3) is 0.231. The molecule has 0 saturated carbocycles. The zero-order valence-electron chi connectivity index (χ0n) is 11.7. The number of rotatable bonds is 4. The van der Waals surface area contributed by atoms with Crippen molar-refractivity contribution in [1.82, 2.24) is 15.2 Å². The largest absolute Gasteiger partial charge is 0.312 e. The van der Waals surface area contributed by atoms with Crippen LogP contribution in [0.25, 0.3) is 0 Å². The van der Waals surface area contributed by atoms with E-state index in [-0.39, 0.29) is 12.2 Å². The van der Waals surface area contributed by atoms with E-state index in [2.05, 4.69) is 10.5 Å². The maximum Gasteiger partial charge on any atom is 0.312 e. The average Bonchev–Trinajstić information content (AvgIpc) is 2.73. The molecule has 1 amide bonds. The van der Waals surface area contributed by atoms with Crippen molar-refractivity contribution in [3.05, 3.63) is 56.9 Å². The van der Waals surface area contributed by atoms with Gasteiger partial charge >= 0.3 is 5.69 Å². The molecular formula is C13H15N5O3. The molecule has 0 radical (unpaired) electrons. The second-order valence-corrected chi connectivity index (χ2v) is 4.56. The molecule has 0 aliphatic carbocycles. The Kier molecular flexibility index (Phi) is 3.99. The van der Waals surface area contributed by atoms with Gasteiger partial charge in [-0.2, -0.15) is 5.10 Å². The lowest BCUT2D eigenvalue weighted by atomic mass is 10.1. The molecule has 0 atom stereocenters. The van der Waals surface area contributed by atoms with Gasteiger partial charge in [0.05, 0.1) is 11.5 Å². The molecule has 0 aliphatic rings. The first-order chi connectivity index (χ1) is 9.95. The van der Waals surface area contributed by atoms with Gasteiger partial charge in [-0.25, -0.2) is 5.84 Å². The van der Waals surface area contributed by atoms with Gasteiger partial charge in [0.2, 0.25) is 0 Å². The lowest BCUT2D eigenvalue weighted by molar-refractivity contribution is -0.386. The number of nitrogen functional groups attached to an aromatic ring is 1. The lowest BCUT2D eigenvalue weighted by Crippen LogP contribution is -2.31. The quantitative estimate of drug-likeness (QED) is 0.378. The van der Waals surface area contributed by atoms with Crippen molar-refractivity contribution < 1.29 is 9.72 Å². The number of nitrogens with one attached hydrogen (secondary N) is 1. The van der Waals surface area contributed by atoms with E-state index >= 15 is 0 Å². The Morgan fingerprint density at radius 1 is 1.43 bits per heavy atom. The molecule has 8 nitrogen and oxygen atoms in total. The topological polar surface area (TPSA) is 116 Å². The third kappa shape index (κ3) is 2.75. The molecule has 0 spiro atoms. The normalized spacial score (nSPS) is 10.4. The molecule has 1 aromatic carbocycles. The van der Waals surface area contributed by atoms with E-state index < -0.39 is 10.8 Å². The van der Waals surface area contributed by atoms with Gasteiger partial charge in [-0.05, 0) is 25.5 Å². The zero-order chi connectivity index (χ0) is 15.6. The Morgan fingerprint density at radius 3 is 2.67 bits per heavy atom. The predicted molar refractivity (Wildman–Crippen MR) is 75.6 cm³/mol. The number of carbonyl (C=O) groups excluding carboxylic acids is 1. The van der Waals surface area contributed by atoms with E-state index in [1.165, 1.54) is 4.68 Å². The van der Waals surface area contributed by atoms with Gasteiger partial charge < -0.3 is 0 Å². The molecule has 0 bridgehead atoms. The van der Waals surface area contributed by atoms with Crippen LogP contribution in [-0.2, 0) is 6.54 Å². The molecule has 2 rings (SSSR count). The van der Waals surface area contributed by atoms with Crippen molar-refractivity contribution in [2.24, 2.45) is 5.84 Å². The van der Waals surface area contributed by atoms with Crippen LogP contribution in [-0.4, -0.2) is 20.6 Å². The lowest BCUT2D eigenvalue weighted by Gasteiger charge is -2.09. The summed E-state index contributed by atoms with van der Waals surface area (Å²) >= 11 is 0. The smallest absolute Gasteiger partial charge is 0.290 e. The monoisotopic (exact) mass is 289 g/mol. The van der Waals surface area contributed by atoms with Crippen molar-refractivity contribution in [2.45, 2.75) is 20.4 Å². The Morgan fingerprint density at radius 2 is 2.10 bits per heavy atom. The number of hydrogen-bond donors (Lipinski definition) is 2. The summed E-state index contributed by atoms with van der Waals surface area (Å²) in [5.41, 5.74) is 3.96. The number of nitrogens with zero attached hydrogens (tertiary/aromatic N) is 3. The van der Waals surface area contributed by atoms with Crippen LogP contribution in [0.1, 0.15) is 27.3 Å². The van der Waals surface area contributed by atoms with E-state index in [1.807, 2.05) is 0 Å². The average molecular weight is 289 g/mol. The highest BCUT2D eigenvalue weighted by Crippen LogP contribution is 2.23. The Labute approximate surface area is 120 Å². The number of nitro groups is 1. The molecule has 110 valence electrons. The highest BCUT2D eigenvalue weighted by atomic mass is 16.6. The zero-order valence-corrected chi connectivity index (χ0v) is 11.7. The molecular weight excluding hydrogens is 274 g/mol. The summed E-state index contributed by atoms with van der Waals surface area (Å²) in [6, 6.07) is 6.89. The first kappa shape index (κ1) is 14.7. The van der Waals surface area contributed by atoms with Gasteiger partial charge in [0.25, 0.3) is 5.91 Å². The van der Waals surface area contributed by atoms with Crippen LogP contribution in [0.2, 0.25) is 0 Å². The summed E-state index contributed by atoms with van der Waals surface area (Å²) < 4.78 is 1.51. The molecule has 0 aliphatic heterocycles. The standard InChI is InChI=1S/C13H15N5O3/c1-8-12(18(20)21)9(2)17(16-8)7-10-5-3-4-6-11(10)13(19)15-14/h3-6H,7,14H2,1-2H3,(H,15,19). The fourth-order valence-corrected chi connectivity index (χ4v) is 2.22. The maximum absolute atomic E-state index is 11.7. The summed E-state index contributed by atoms with van der Waals surface area (Å²) in [5.74, 6) is 4.74. The van der Waals surface area contributed by atoms with Crippen LogP contribution in [0.5, 0.6) is 0 Å². The highest BCUT2D eigenvalue weighted by Gasteiger charge is 2.22. The molecule has 1 aromatic heterocycles. The first-order valence-corrected chi connectivity index (χ1v) is 6.23. The SMILES string of the molecule is Cc1nn(Cc2ccccc2C(=O)NN)c(C)c1[N+](=O)[O-]. The number of amides is 1. The first-order valence-electron chi connectivity index (χ1n) is 6.23. The van der Waals surface area contributed by atoms with Crippen LogP contribution in [0, 0.1) is 24.0 Å². The second-order valence-electron chi connectivity index (χ2n) is 4.56. The van der Waals surface area contributed by atoms with Gasteiger partial charge in [0.1, 0.15) is 11.4 Å². The third-order valence-electron chi connectivity index (χ3n) is 3.24. The van der Waals surface area contributed by atoms with Crippen molar-refractivity contribution in [3.63, 3.8) is 0 Å². The van der Waals surface area contributed by atoms with Crippen LogP contribution in [0.4, 0.5) is 5.69 Å². The summed E-state index contributed by atoms with van der Waals surface area (Å²) in [6.07, 6.45) is 0. The van der Waals surface area contributed by atoms with E-state index in [9.17, 15) is 14.9 Å². The Hall–Kier alpha value is -2.74. The van der Waals surface area contributed by atoms with Crippen LogP contribution >= 0.6 is 0 Å². The van der Waals surface area contributed by atoms with Crippen molar-refractivity contribution >= 4 is 11.6 Å². The minimum atomic E-state index is -0.452. The van der Waals surface area contributed by atoms with E-state index in [0.717, 1.165) is 0 Å². The maximum atomic E-state index is 11.7. The van der Waals surface area contributed by atoms with Crippen LogP contribution < -0.4 is 11.3 Å². The summed E-state index contributed by atoms with van der Waals surface area (Å²) in [5, 5.41) is 15.2. The van der Waals surface area contributed by atoms with Crippen molar-refractivity contribution in [3.8, 4) is 0 Å². The van der Waals surface area contributed by atoms with Gasteiger partial charge in [0.15, 0.2) is 0 Å². The molecule has 8 heteroatoms. The van der Waals surface area contributed by atoms with E-state index in [4.69, 9.17) is 5.84 Å². The van der Waals surface area contributed by atoms with Crippen molar-refractivity contribution in [2.75, 3.05) is 0 Å². The molecule has 3 N–H and O–H groups in total. The van der Waals surface area contributed by atoms with E-state index in [1.54, 1.807) is 38.1 Å². The van der Waals surface area contributed by atoms with Crippen LogP contribution in [0.3, 0.4) is 0 Å². The molecule has 1 heterocycles. The van der Waals surface area contributed by atoms with Crippen molar-refractivity contribution in [1.29, 1.82) is 0 Å². The van der Waals surface area contributed by atoms with Gasteiger partial charge in [-0.1, -0.05) is 18.2 Å². The highest BCUT2D eigenvalue weighted by molar-refractivity contribution is 5.95. The third-order valence-corrected chi connectivity index (χ3v) is 3.24. The summed E-state index contributed by atoms with van der Waals surface area (Å²) in [7, 11) is 0. The summed E-state index contributed by atoms with van der Waals surface area (Å²) in [4.78, 5) is 22.3. The predicted octanol–water partition coefficient (Wildman–Crippen LogP) is 1.06. The molecule has 0 fully saturated rings. The van der Waals surface area contributed by atoms with Gasteiger partial charge in [-0.3, -0.25) is 25.0 Å². The number of hydrogen-bond acceptors (Lipinski definition) is 5. The second kappa shape index (κ2) is 5.71. The summed E-state index contributed by atoms with van der Waals surface area (Å²) in [6.45, 7) is 3.47. The number of hydrazine groups is 1. The van der Waals surface area contributed by atoms with Gasteiger partial charge in [0, 0.05) is 5.56 Å². The minimum absolute atomic E-state index is 0.00393. The Bertz CT molecular complexity index is 708. The van der Waals surface area contributed by atoms with E-state index in [0.29, 0.717) is 22.5 Å². The number of aryl methyl sites for hydroxylation is 1. The molecule has 2 aromatic rings. The molecule has 0 saturated heterocycles. The fourth-order valence-electron chi connectivity index (χ4n) is 2.22. The minimum Gasteiger partial charge on any atom is -0.290 e. The molecule has 0 unspecified atom stereocenters. The molecule has 21 heavy (non-hydrogen) atoms. The Balaban J connectivity index is 2.42. The number of carbonyl (C=O) groups is 1.